The summed E-state index contributed by atoms with van der Waals surface area (Å²) in [4.78, 5) is 64.8. The van der Waals surface area contributed by atoms with Gasteiger partial charge < -0.3 is 14.6 Å². The third-order valence-corrected chi connectivity index (χ3v) is 6.06. The zero-order valence-electron chi connectivity index (χ0n) is 21.5. The van der Waals surface area contributed by atoms with Crippen LogP contribution in [0.1, 0.15) is 58.1 Å². The Hall–Kier alpha value is -3.33. The minimum Gasteiger partial charge on any atom is -0.453 e. The lowest BCUT2D eigenvalue weighted by Gasteiger charge is -2.28. The van der Waals surface area contributed by atoms with E-state index in [1.807, 2.05) is 26.8 Å². The van der Waals surface area contributed by atoms with Crippen molar-refractivity contribution in [3.63, 3.8) is 0 Å². The maximum Gasteiger partial charge on any atom is 0.416 e. The molecule has 0 radical (unpaired) electrons. The molecule has 0 aromatic heterocycles. The van der Waals surface area contributed by atoms with Crippen LogP contribution < -0.4 is 0 Å². The lowest BCUT2D eigenvalue weighted by atomic mass is 9.92. The fourth-order valence-electron chi connectivity index (χ4n) is 4.01. The van der Waals surface area contributed by atoms with Crippen LogP contribution >= 0.6 is 0 Å². The van der Waals surface area contributed by atoms with Gasteiger partial charge in [0.2, 0.25) is 5.91 Å². The normalized spacial score (nSPS) is 17.5. The highest BCUT2D eigenvalue weighted by molar-refractivity contribution is 6.25. The Morgan fingerprint density at radius 3 is 2.47 bits per heavy atom. The Balaban J connectivity index is 2.43. The topological polar surface area (TPSA) is 127 Å². The van der Waals surface area contributed by atoms with E-state index in [9.17, 15) is 24.0 Å². The predicted molar refractivity (Wildman–Crippen MR) is 132 cm³/mol. The number of amides is 2. The van der Waals surface area contributed by atoms with E-state index in [0.29, 0.717) is 18.4 Å². The third kappa shape index (κ3) is 7.34. The van der Waals surface area contributed by atoms with E-state index in [1.54, 1.807) is 18.2 Å². The first-order valence-electron chi connectivity index (χ1n) is 12.1. The van der Waals surface area contributed by atoms with Crippen LogP contribution in [0.25, 0.3) is 5.57 Å². The number of aryl methyl sites for hydroxylation is 1. The number of aliphatic hydroxyl groups is 1. The van der Waals surface area contributed by atoms with E-state index in [-0.39, 0.29) is 36.9 Å². The number of ether oxygens (including phenoxy) is 2. The van der Waals surface area contributed by atoms with Gasteiger partial charge in [-0.1, -0.05) is 43.7 Å². The van der Waals surface area contributed by atoms with Crippen molar-refractivity contribution in [3.05, 3.63) is 41.5 Å². The summed E-state index contributed by atoms with van der Waals surface area (Å²) in [5, 5.41) is 9.05. The highest BCUT2D eigenvalue weighted by atomic mass is 16.6. The van der Waals surface area contributed by atoms with E-state index < -0.39 is 41.8 Å². The summed E-state index contributed by atoms with van der Waals surface area (Å²) < 4.78 is 10.3. The molecule has 0 unspecified atom stereocenters. The van der Waals surface area contributed by atoms with Crippen molar-refractivity contribution in [2.24, 2.45) is 11.8 Å². The quantitative estimate of drug-likeness (QED) is 0.263. The van der Waals surface area contributed by atoms with Gasteiger partial charge in [-0.25, -0.2) is 9.69 Å². The molecule has 0 aliphatic carbocycles. The van der Waals surface area contributed by atoms with E-state index in [0.717, 1.165) is 23.5 Å². The van der Waals surface area contributed by atoms with Crippen LogP contribution in [0.3, 0.4) is 0 Å². The molecule has 9 heteroatoms. The van der Waals surface area contributed by atoms with Crippen molar-refractivity contribution in [1.29, 1.82) is 0 Å². The number of carbonyl (C=O) groups is 5. The Labute approximate surface area is 211 Å². The monoisotopic (exact) mass is 501 g/mol. The van der Waals surface area contributed by atoms with Gasteiger partial charge in [-0.15, -0.1) is 0 Å². The minimum atomic E-state index is -1.54. The average molecular weight is 502 g/mol. The second kappa shape index (κ2) is 13.1. The van der Waals surface area contributed by atoms with Gasteiger partial charge in [0.1, 0.15) is 6.61 Å². The fourth-order valence-corrected chi connectivity index (χ4v) is 4.01. The number of rotatable bonds is 12. The summed E-state index contributed by atoms with van der Waals surface area (Å²) in [5.41, 5.74) is 1.52. The molecule has 1 aliphatic heterocycles. The summed E-state index contributed by atoms with van der Waals surface area (Å²) in [6.45, 7) is 8.03. The Kier molecular flexibility index (Phi) is 10.5. The molecule has 1 saturated heterocycles. The first-order chi connectivity index (χ1) is 17.0. The number of nitrogens with zero attached hydrogens (tertiary/aromatic N) is 1. The van der Waals surface area contributed by atoms with Crippen LogP contribution in [-0.4, -0.2) is 64.9 Å². The van der Waals surface area contributed by atoms with Gasteiger partial charge in [0.05, 0.1) is 12.0 Å². The second-order valence-corrected chi connectivity index (χ2v) is 9.35. The van der Waals surface area contributed by atoms with Crippen LogP contribution in [0, 0.1) is 18.8 Å². The Bertz CT molecular complexity index is 1030. The summed E-state index contributed by atoms with van der Waals surface area (Å²) >= 11 is 0. The number of hydrogen-bond acceptors (Lipinski definition) is 8. The SMILES string of the molecule is CC(=O)O[C@@H](C(=O)C=C(C(=O)CCCCO)c1cccc(C)c1)[C@@H](C)C(=O)N1C(=O)OC[C@H]1C(C)C. The van der Waals surface area contributed by atoms with Crippen molar-refractivity contribution in [2.45, 2.75) is 66.0 Å². The maximum absolute atomic E-state index is 13.4. The summed E-state index contributed by atoms with van der Waals surface area (Å²) in [6, 6.07) is 6.55. The Morgan fingerprint density at radius 1 is 1.19 bits per heavy atom. The van der Waals surface area contributed by atoms with Crippen LogP contribution in [0.15, 0.2) is 30.3 Å². The number of allylic oxidation sites excluding steroid dienone is 1. The van der Waals surface area contributed by atoms with Crippen molar-refractivity contribution in [2.75, 3.05) is 13.2 Å². The molecule has 36 heavy (non-hydrogen) atoms. The van der Waals surface area contributed by atoms with E-state index >= 15 is 0 Å². The molecule has 0 spiro atoms. The number of aliphatic hydroxyl groups excluding tert-OH is 1. The number of hydrogen-bond donors (Lipinski definition) is 1. The number of imide groups is 1. The molecule has 3 atom stereocenters. The first-order valence-corrected chi connectivity index (χ1v) is 12.1. The predicted octanol–water partition coefficient (Wildman–Crippen LogP) is 3.25. The number of Topliss-reactive ketones (excluding diaryl/α,β-unsaturated/α-hetero) is 1. The zero-order valence-corrected chi connectivity index (χ0v) is 21.5. The smallest absolute Gasteiger partial charge is 0.416 e. The zero-order chi connectivity index (χ0) is 27.0. The van der Waals surface area contributed by atoms with Crippen molar-refractivity contribution in [1.82, 2.24) is 4.90 Å². The molecule has 1 N–H and O–H groups in total. The molecule has 1 aromatic carbocycles. The number of carbonyl (C=O) groups excluding carboxylic acids is 5. The van der Waals surface area contributed by atoms with Crippen molar-refractivity contribution >= 4 is 35.1 Å². The first kappa shape index (κ1) is 28.9. The average Bonchev–Trinajstić information content (AvgIpc) is 3.21. The molecular weight excluding hydrogens is 466 g/mol. The highest BCUT2D eigenvalue weighted by Gasteiger charge is 2.44. The van der Waals surface area contributed by atoms with Gasteiger partial charge in [0.25, 0.3) is 0 Å². The van der Waals surface area contributed by atoms with Gasteiger partial charge in [0, 0.05) is 25.5 Å². The second-order valence-electron chi connectivity index (χ2n) is 9.35. The molecule has 0 saturated carbocycles. The van der Waals surface area contributed by atoms with Gasteiger partial charge in [-0.3, -0.25) is 19.2 Å². The van der Waals surface area contributed by atoms with Crippen molar-refractivity contribution < 1.29 is 38.6 Å². The molecule has 2 rings (SSSR count). The van der Waals surface area contributed by atoms with E-state index in [2.05, 4.69) is 0 Å². The number of unbranched alkanes of at least 4 members (excludes halogenated alkanes) is 1. The van der Waals surface area contributed by atoms with Crippen LogP contribution in [-0.2, 0) is 28.7 Å². The fraction of sp³-hybridized carbons (Fsp3) is 0.519. The van der Waals surface area contributed by atoms with Gasteiger partial charge in [-0.2, -0.15) is 0 Å². The standard InChI is InChI=1S/C27H35NO8/c1-16(2)22-15-35-27(34)28(22)26(33)18(4)25(36-19(5)30)24(32)14-21(23(31)11-6-7-12-29)20-10-8-9-17(3)13-20/h8-10,13-14,16,18,22,25,29H,6-7,11-12,15H2,1-5H3/t18-,22+,25-/m1/s1. The molecule has 196 valence electrons. The van der Waals surface area contributed by atoms with Gasteiger partial charge >= 0.3 is 12.1 Å². The molecule has 0 bridgehead atoms. The van der Waals surface area contributed by atoms with E-state index in [4.69, 9.17) is 14.6 Å². The molecule has 1 heterocycles. The van der Waals surface area contributed by atoms with Crippen LogP contribution in [0.2, 0.25) is 0 Å². The van der Waals surface area contributed by atoms with Crippen molar-refractivity contribution in [3.8, 4) is 0 Å². The Morgan fingerprint density at radius 2 is 1.89 bits per heavy atom. The molecule has 2 amide bonds. The largest absolute Gasteiger partial charge is 0.453 e. The highest BCUT2D eigenvalue weighted by Crippen LogP contribution is 2.26. The lowest BCUT2D eigenvalue weighted by Crippen LogP contribution is -2.48. The summed E-state index contributed by atoms with van der Waals surface area (Å²) in [5.74, 6) is -3.82. The summed E-state index contributed by atoms with van der Waals surface area (Å²) in [7, 11) is 0. The maximum atomic E-state index is 13.4. The van der Waals surface area contributed by atoms with Gasteiger partial charge in [0.15, 0.2) is 17.7 Å². The molecule has 1 aliphatic rings. The minimum absolute atomic E-state index is 0.0425. The van der Waals surface area contributed by atoms with Crippen LogP contribution in [0.5, 0.6) is 0 Å². The molecular formula is C27H35NO8. The van der Waals surface area contributed by atoms with Crippen LogP contribution in [0.4, 0.5) is 4.79 Å². The number of benzene rings is 1. The molecule has 1 aromatic rings. The van der Waals surface area contributed by atoms with Gasteiger partial charge in [-0.05, 0) is 44.2 Å². The third-order valence-electron chi connectivity index (χ3n) is 6.06. The number of cyclic esters (lactones) is 1. The van der Waals surface area contributed by atoms with E-state index in [1.165, 1.54) is 6.92 Å². The lowest BCUT2D eigenvalue weighted by molar-refractivity contribution is -0.158. The summed E-state index contributed by atoms with van der Waals surface area (Å²) in [6.07, 6.45) is -0.268. The number of ketones is 2. The number of esters is 1. The molecule has 1 fully saturated rings. The molecule has 9 nitrogen and oxygen atoms in total.